The molecule has 0 saturated carbocycles. The molecule has 0 amide bonds. The fourth-order valence-corrected chi connectivity index (χ4v) is 7.01. The number of sulfone groups is 1. The second kappa shape index (κ2) is 9.23. The Morgan fingerprint density at radius 3 is 2.47 bits per heavy atom. The van der Waals surface area contributed by atoms with E-state index in [1.165, 1.54) is 11.3 Å². The molecule has 0 aliphatic rings. The Bertz CT molecular complexity index is 1100. The van der Waals surface area contributed by atoms with Gasteiger partial charge in [0.25, 0.3) is 0 Å². The number of hydrogen-bond donors (Lipinski definition) is 1. The standard InChI is InChI=1S/C20H23F3N2O2S3/c1-2-3-4-5-6-7-11-30(26,27)19-17(24)16-13(20(21,22)23)12-14(25-18(16)29-19)15-9-8-10-28-15/h8-10,12H,2-7,11,24H2,1H3. The maximum atomic E-state index is 13.8. The van der Waals surface area contributed by atoms with Gasteiger partial charge < -0.3 is 5.73 Å². The highest BCUT2D eigenvalue weighted by Gasteiger charge is 2.37. The number of rotatable bonds is 9. The first-order chi connectivity index (χ1) is 14.1. The molecule has 164 valence electrons. The van der Waals surface area contributed by atoms with Crippen LogP contribution in [0.4, 0.5) is 18.9 Å². The van der Waals surface area contributed by atoms with Crippen LogP contribution < -0.4 is 5.73 Å². The van der Waals surface area contributed by atoms with Crippen molar-refractivity contribution in [2.75, 3.05) is 11.5 Å². The molecule has 0 radical (unpaired) electrons. The molecular weight excluding hydrogens is 453 g/mol. The average Bonchev–Trinajstić information content (AvgIpc) is 3.32. The Morgan fingerprint density at radius 2 is 1.83 bits per heavy atom. The van der Waals surface area contributed by atoms with E-state index in [1.54, 1.807) is 17.5 Å². The summed E-state index contributed by atoms with van der Waals surface area (Å²) in [7, 11) is -3.79. The van der Waals surface area contributed by atoms with Crippen molar-refractivity contribution < 1.29 is 21.6 Å². The molecule has 4 nitrogen and oxygen atoms in total. The molecule has 10 heteroatoms. The first-order valence-corrected chi connectivity index (χ1v) is 13.1. The van der Waals surface area contributed by atoms with Crippen molar-refractivity contribution in [1.82, 2.24) is 4.98 Å². The van der Waals surface area contributed by atoms with Crippen molar-refractivity contribution in [1.29, 1.82) is 0 Å². The minimum Gasteiger partial charge on any atom is -0.396 e. The molecule has 0 aliphatic carbocycles. The van der Waals surface area contributed by atoms with Crippen LogP contribution in [0.5, 0.6) is 0 Å². The molecule has 0 saturated heterocycles. The maximum Gasteiger partial charge on any atom is 0.417 e. The summed E-state index contributed by atoms with van der Waals surface area (Å²) in [6.07, 6.45) is 0.731. The lowest BCUT2D eigenvalue weighted by molar-refractivity contribution is -0.136. The predicted octanol–water partition coefficient (Wildman–Crippen LogP) is 6.76. The monoisotopic (exact) mass is 476 g/mol. The summed E-state index contributed by atoms with van der Waals surface area (Å²) in [5.74, 6) is -0.130. The quantitative estimate of drug-likeness (QED) is 0.346. The highest BCUT2D eigenvalue weighted by atomic mass is 32.2. The number of hydrogen-bond acceptors (Lipinski definition) is 6. The molecule has 0 bridgehead atoms. The third-order valence-electron chi connectivity index (χ3n) is 4.79. The molecule has 0 aliphatic heterocycles. The third kappa shape index (κ3) is 4.97. The Kier molecular flexibility index (Phi) is 7.09. The number of halogens is 3. The molecule has 3 aromatic rings. The second-order valence-corrected chi connectivity index (χ2v) is 11.4. The van der Waals surface area contributed by atoms with Crippen LogP contribution in [0.3, 0.4) is 0 Å². The van der Waals surface area contributed by atoms with Crippen molar-refractivity contribution in [2.24, 2.45) is 0 Å². The van der Waals surface area contributed by atoms with Gasteiger partial charge in [-0.3, -0.25) is 0 Å². The van der Waals surface area contributed by atoms with E-state index in [1.807, 2.05) is 0 Å². The lowest BCUT2D eigenvalue weighted by atomic mass is 10.1. The van der Waals surface area contributed by atoms with Gasteiger partial charge in [0, 0.05) is 5.39 Å². The van der Waals surface area contributed by atoms with Crippen LogP contribution in [0.2, 0.25) is 0 Å². The number of fused-ring (bicyclic) bond motifs is 1. The van der Waals surface area contributed by atoms with E-state index < -0.39 is 21.6 Å². The van der Waals surface area contributed by atoms with E-state index in [9.17, 15) is 21.6 Å². The van der Waals surface area contributed by atoms with Gasteiger partial charge in [-0.2, -0.15) is 13.2 Å². The summed E-state index contributed by atoms with van der Waals surface area (Å²) in [5.41, 5.74) is 4.81. The number of anilines is 1. The normalized spacial score (nSPS) is 12.7. The lowest BCUT2D eigenvalue weighted by Gasteiger charge is -2.10. The number of pyridine rings is 1. The van der Waals surface area contributed by atoms with E-state index >= 15 is 0 Å². The fourth-order valence-electron chi connectivity index (χ4n) is 3.27. The zero-order valence-corrected chi connectivity index (χ0v) is 18.9. The van der Waals surface area contributed by atoms with Gasteiger partial charge in [-0.1, -0.05) is 45.1 Å². The fraction of sp³-hybridized carbons (Fsp3) is 0.450. The summed E-state index contributed by atoms with van der Waals surface area (Å²) in [5, 5.41) is 1.42. The highest BCUT2D eigenvalue weighted by molar-refractivity contribution is 7.93. The number of thiophene rings is 2. The molecule has 3 heterocycles. The van der Waals surface area contributed by atoms with Crippen LogP contribution in [-0.4, -0.2) is 19.2 Å². The number of nitrogen functional groups attached to an aromatic ring is 1. The average molecular weight is 477 g/mol. The molecular formula is C20H23F3N2O2S3. The smallest absolute Gasteiger partial charge is 0.396 e. The zero-order chi connectivity index (χ0) is 21.9. The van der Waals surface area contributed by atoms with Crippen molar-refractivity contribution in [2.45, 2.75) is 55.8 Å². The van der Waals surface area contributed by atoms with Gasteiger partial charge in [0.05, 0.1) is 27.6 Å². The minimum absolute atomic E-state index is 0.00718. The molecule has 0 fully saturated rings. The summed E-state index contributed by atoms with van der Waals surface area (Å²) < 4.78 is 66.7. The molecule has 0 unspecified atom stereocenters. The minimum atomic E-state index is -4.68. The number of unbranched alkanes of at least 4 members (excludes halogenated alkanes) is 5. The summed E-state index contributed by atoms with van der Waals surface area (Å²) in [4.78, 5) is 4.87. The van der Waals surface area contributed by atoms with Crippen LogP contribution in [0.15, 0.2) is 27.8 Å². The van der Waals surface area contributed by atoms with Crippen molar-refractivity contribution in [3.63, 3.8) is 0 Å². The van der Waals surface area contributed by atoms with E-state index in [2.05, 4.69) is 11.9 Å². The van der Waals surface area contributed by atoms with Gasteiger partial charge >= 0.3 is 6.18 Å². The van der Waals surface area contributed by atoms with Crippen LogP contribution in [0.25, 0.3) is 20.8 Å². The van der Waals surface area contributed by atoms with Crippen LogP contribution in [-0.2, 0) is 16.0 Å². The Hall–Kier alpha value is -1.65. The Labute approximate surface area is 181 Å². The largest absolute Gasteiger partial charge is 0.417 e. The van der Waals surface area contributed by atoms with E-state index in [4.69, 9.17) is 5.73 Å². The van der Waals surface area contributed by atoms with Crippen LogP contribution >= 0.6 is 22.7 Å². The summed E-state index contributed by atoms with van der Waals surface area (Å²) in [6, 6.07) is 4.34. The molecule has 3 rings (SSSR count). The molecule has 3 aromatic heterocycles. The third-order valence-corrected chi connectivity index (χ3v) is 9.20. The van der Waals surface area contributed by atoms with Gasteiger partial charge in [0.1, 0.15) is 9.04 Å². The first kappa shape index (κ1) is 23.0. The van der Waals surface area contributed by atoms with Crippen LogP contribution in [0, 0.1) is 0 Å². The van der Waals surface area contributed by atoms with E-state index in [-0.39, 0.29) is 31.6 Å². The Morgan fingerprint density at radius 1 is 1.13 bits per heavy atom. The SMILES string of the molecule is CCCCCCCCS(=O)(=O)c1sc2nc(-c3cccs3)cc(C(F)(F)F)c2c1N. The second-order valence-electron chi connectivity index (χ2n) is 7.10. The molecule has 0 aromatic carbocycles. The summed E-state index contributed by atoms with van der Waals surface area (Å²) >= 11 is 1.99. The number of nitrogens with zero attached hydrogens (tertiary/aromatic N) is 1. The predicted molar refractivity (Wildman–Crippen MR) is 118 cm³/mol. The van der Waals surface area contributed by atoms with Gasteiger partial charge in [-0.15, -0.1) is 22.7 Å². The Balaban J connectivity index is 1.98. The number of alkyl halides is 3. The van der Waals surface area contributed by atoms with Gasteiger partial charge in [-0.05, 0) is 23.9 Å². The van der Waals surface area contributed by atoms with E-state index in [0.717, 1.165) is 49.5 Å². The van der Waals surface area contributed by atoms with Gasteiger partial charge in [0.15, 0.2) is 9.84 Å². The highest BCUT2D eigenvalue weighted by Crippen LogP contribution is 2.45. The molecule has 30 heavy (non-hydrogen) atoms. The number of nitrogens with two attached hydrogens (primary N) is 1. The zero-order valence-electron chi connectivity index (χ0n) is 16.5. The van der Waals surface area contributed by atoms with E-state index in [0.29, 0.717) is 11.3 Å². The van der Waals surface area contributed by atoms with Gasteiger partial charge in [0.2, 0.25) is 0 Å². The molecule has 0 atom stereocenters. The first-order valence-electron chi connectivity index (χ1n) is 9.72. The molecule has 2 N–H and O–H groups in total. The van der Waals surface area contributed by atoms with Crippen LogP contribution in [0.1, 0.15) is 51.0 Å². The maximum absolute atomic E-state index is 13.8. The van der Waals surface area contributed by atoms with Crippen molar-refractivity contribution in [3.8, 4) is 10.6 Å². The number of aromatic nitrogens is 1. The van der Waals surface area contributed by atoms with Gasteiger partial charge in [-0.25, -0.2) is 13.4 Å². The molecule has 0 spiro atoms. The van der Waals surface area contributed by atoms with Crippen molar-refractivity contribution >= 4 is 48.4 Å². The van der Waals surface area contributed by atoms with Crippen molar-refractivity contribution in [3.05, 3.63) is 29.1 Å². The topological polar surface area (TPSA) is 73.0 Å². The summed E-state index contributed by atoms with van der Waals surface area (Å²) in [6.45, 7) is 2.10. The lowest BCUT2D eigenvalue weighted by Crippen LogP contribution is -2.09.